The lowest BCUT2D eigenvalue weighted by Gasteiger charge is -2.09. The molecule has 0 saturated carbocycles. The summed E-state index contributed by atoms with van der Waals surface area (Å²) in [5, 5.41) is 3.06. The Kier molecular flexibility index (Phi) is 5.13. The van der Waals surface area contributed by atoms with E-state index < -0.39 is 5.91 Å². The second-order valence-corrected chi connectivity index (χ2v) is 3.80. The van der Waals surface area contributed by atoms with E-state index in [9.17, 15) is 9.59 Å². The number of amides is 1. The van der Waals surface area contributed by atoms with Crippen molar-refractivity contribution >= 4 is 23.1 Å². The molecule has 0 fully saturated rings. The molecule has 0 bridgehead atoms. The first kappa shape index (κ1) is 14.0. The van der Waals surface area contributed by atoms with Gasteiger partial charge in [-0.1, -0.05) is 0 Å². The molecule has 18 heavy (non-hydrogen) atoms. The molecule has 5 N–H and O–H groups in total. The summed E-state index contributed by atoms with van der Waals surface area (Å²) in [5.74, 6) is -0.561. The number of nitrogens with one attached hydrogen (secondary N) is 1. The number of carbonyl (C=O) groups excluding carboxylic acids is 2. The van der Waals surface area contributed by atoms with Crippen LogP contribution in [0.25, 0.3) is 0 Å². The van der Waals surface area contributed by atoms with Crippen molar-refractivity contribution in [1.29, 1.82) is 0 Å². The molecule has 0 unspecified atom stereocenters. The fourth-order valence-corrected chi connectivity index (χ4v) is 1.43. The summed E-state index contributed by atoms with van der Waals surface area (Å²) in [5.41, 5.74) is 12.4. The molecule has 0 radical (unpaired) electrons. The van der Waals surface area contributed by atoms with Gasteiger partial charge in [-0.2, -0.15) is 0 Å². The monoisotopic (exact) mass is 251 g/mol. The van der Waals surface area contributed by atoms with Crippen LogP contribution in [0.5, 0.6) is 0 Å². The van der Waals surface area contributed by atoms with Crippen molar-refractivity contribution in [2.75, 3.05) is 30.8 Å². The van der Waals surface area contributed by atoms with Crippen LogP contribution in [0, 0.1) is 0 Å². The highest BCUT2D eigenvalue weighted by Crippen LogP contribution is 2.18. The zero-order chi connectivity index (χ0) is 13.5. The summed E-state index contributed by atoms with van der Waals surface area (Å²) < 4.78 is 4.99. The van der Waals surface area contributed by atoms with Crippen molar-refractivity contribution in [2.45, 2.75) is 6.92 Å². The number of carbonyl (C=O) groups is 2. The second-order valence-electron chi connectivity index (χ2n) is 3.80. The number of primary amides is 1. The van der Waals surface area contributed by atoms with Gasteiger partial charge in [0.05, 0.1) is 6.61 Å². The van der Waals surface area contributed by atoms with Crippen LogP contribution in [0.1, 0.15) is 17.3 Å². The van der Waals surface area contributed by atoms with Gasteiger partial charge in [-0.05, 0) is 25.1 Å². The number of anilines is 2. The molecule has 6 nitrogen and oxygen atoms in total. The molecule has 0 aliphatic carbocycles. The molecule has 0 spiro atoms. The van der Waals surface area contributed by atoms with Crippen molar-refractivity contribution in [3.8, 4) is 0 Å². The first-order valence-electron chi connectivity index (χ1n) is 5.51. The number of nitrogens with two attached hydrogens (primary N) is 2. The minimum atomic E-state index is -0.495. The van der Waals surface area contributed by atoms with Crippen LogP contribution in [-0.4, -0.2) is 31.4 Å². The Hall–Kier alpha value is -2.08. The molecular weight excluding hydrogens is 234 g/mol. The average molecular weight is 251 g/mol. The molecule has 0 heterocycles. The molecule has 0 atom stereocenters. The van der Waals surface area contributed by atoms with Gasteiger partial charge < -0.3 is 21.5 Å². The van der Waals surface area contributed by atoms with E-state index in [2.05, 4.69) is 5.32 Å². The summed E-state index contributed by atoms with van der Waals surface area (Å²) in [4.78, 5) is 21.6. The van der Waals surface area contributed by atoms with Gasteiger partial charge in [0.2, 0.25) is 5.91 Å². The highest BCUT2D eigenvalue weighted by Gasteiger charge is 2.04. The molecular formula is C12H17N3O3. The summed E-state index contributed by atoms with van der Waals surface area (Å²) in [6.07, 6.45) is 0. The predicted molar refractivity (Wildman–Crippen MR) is 69.4 cm³/mol. The number of rotatable bonds is 7. The molecule has 0 aromatic heterocycles. The van der Waals surface area contributed by atoms with Crippen LogP contribution in [0.2, 0.25) is 0 Å². The lowest BCUT2D eigenvalue weighted by molar-refractivity contribution is -0.122. The van der Waals surface area contributed by atoms with Crippen LogP contribution in [0.4, 0.5) is 11.4 Å². The Morgan fingerprint density at radius 3 is 2.67 bits per heavy atom. The van der Waals surface area contributed by atoms with E-state index in [0.29, 0.717) is 24.4 Å². The number of Topliss-reactive ketones (excluding diaryl/α,β-unsaturated/α-hetero) is 1. The van der Waals surface area contributed by atoms with Gasteiger partial charge in [-0.15, -0.1) is 0 Å². The van der Waals surface area contributed by atoms with Crippen molar-refractivity contribution in [3.05, 3.63) is 23.8 Å². The van der Waals surface area contributed by atoms with Crippen LogP contribution >= 0.6 is 0 Å². The van der Waals surface area contributed by atoms with E-state index in [-0.39, 0.29) is 12.4 Å². The third-order valence-electron chi connectivity index (χ3n) is 2.25. The molecule has 1 rings (SSSR count). The van der Waals surface area contributed by atoms with Crippen molar-refractivity contribution < 1.29 is 14.3 Å². The Balaban J connectivity index is 2.42. The maximum Gasteiger partial charge on any atom is 0.243 e. The SMILES string of the molecule is CC(=O)c1ccc(NCCOCC(N)=O)cc1N. The van der Waals surface area contributed by atoms with Gasteiger partial charge in [0.1, 0.15) is 6.61 Å². The van der Waals surface area contributed by atoms with Crippen molar-refractivity contribution in [2.24, 2.45) is 5.73 Å². The minimum absolute atomic E-state index is 0.0659. The summed E-state index contributed by atoms with van der Waals surface area (Å²) in [6, 6.07) is 5.12. The van der Waals surface area contributed by atoms with E-state index in [1.165, 1.54) is 6.92 Å². The molecule has 6 heteroatoms. The first-order valence-corrected chi connectivity index (χ1v) is 5.51. The number of ketones is 1. The van der Waals surface area contributed by atoms with Gasteiger partial charge in [-0.3, -0.25) is 9.59 Å². The third kappa shape index (κ3) is 4.42. The van der Waals surface area contributed by atoms with E-state index in [1.807, 2.05) is 0 Å². The normalized spacial score (nSPS) is 10.1. The summed E-state index contributed by atoms with van der Waals surface area (Å²) >= 11 is 0. The molecule has 0 saturated heterocycles. The lowest BCUT2D eigenvalue weighted by atomic mass is 10.1. The standard InChI is InChI=1S/C12H17N3O3/c1-8(16)10-3-2-9(6-11(10)13)15-4-5-18-7-12(14)17/h2-3,6,15H,4-5,7,13H2,1H3,(H2,14,17). The van der Waals surface area contributed by atoms with E-state index in [0.717, 1.165) is 5.69 Å². The van der Waals surface area contributed by atoms with Crippen LogP contribution in [-0.2, 0) is 9.53 Å². The molecule has 1 aromatic rings. The average Bonchev–Trinajstić information content (AvgIpc) is 2.27. The van der Waals surface area contributed by atoms with Crippen LogP contribution in [0.3, 0.4) is 0 Å². The number of benzene rings is 1. The number of ether oxygens (including phenoxy) is 1. The zero-order valence-corrected chi connectivity index (χ0v) is 10.2. The van der Waals surface area contributed by atoms with Crippen LogP contribution in [0.15, 0.2) is 18.2 Å². The Labute approximate surface area is 105 Å². The van der Waals surface area contributed by atoms with E-state index >= 15 is 0 Å². The van der Waals surface area contributed by atoms with Gasteiger partial charge in [0.15, 0.2) is 5.78 Å². The highest BCUT2D eigenvalue weighted by atomic mass is 16.5. The number of hydrogen-bond acceptors (Lipinski definition) is 5. The Morgan fingerprint density at radius 2 is 2.11 bits per heavy atom. The second kappa shape index (κ2) is 6.61. The maximum atomic E-state index is 11.2. The van der Waals surface area contributed by atoms with Gasteiger partial charge >= 0.3 is 0 Å². The van der Waals surface area contributed by atoms with E-state index in [1.54, 1.807) is 18.2 Å². The molecule has 0 aliphatic rings. The van der Waals surface area contributed by atoms with Crippen molar-refractivity contribution in [3.63, 3.8) is 0 Å². The number of nitrogen functional groups attached to an aromatic ring is 1. The van der Waals surface area contributed by atoms with Gasteiger partial charge in [-0.25, -0.2) is 0 Å². The lowest BCUT2D eigenvalue weighted by Crippen LogP contribution is -2.20. The Morgan fingerprint density at radius 1 is 1.39 bits per heavy atom. The quantitative estimate of drug-likeness (QED) is 0.369. The first-order chi connectivity index (χ1) is 8.50. The summed E-state index contributed by atoms with van der Waals surface area (Å²) in [6.45, 7) is 2.26. The fourth-order valence-electron chi connectivity index (χ4n) is 1.43. The highest BCUT2D eigenvalue weighted by molar-refractivity contribution is 5.99. The molecule has 98 valence electrons. The van der Waals surface area contributed by atoms with Gasteiger partial charge in [0, 0.05) is 23.5 Å². The van der Waals surface area contributed by atoms with Gasteiger partial charge in [0.25, 0.3) is 0 Å². The molecule has 1 aromatic carbocycles. The predicted octanol–water partition coefficient (Wildman–Crippen LogP) is 0.385. The smallest absolute Gasteiger partial charge is 0.243 e. The molecule has 1 amide bonds. The summed E-state index contributed by atoms with van der Waals surface area (Å²) in [7, 11) is 0. The topological polar surface area (TPSA) is 107 Å². The Bertz CT molecular complexity index is 446. The molecule has 0 aliphatic heterocycles. The largest absolute Gasteiger partial charge is 0.398 e. The third-order valence-corrected chi connectivity index (χ3v) is 2.25. The maximum absolute atomic E-state index is 11.2. The number of hydrogen-bond donors (Lipinski definition) is 3. The van der Waals surface area contributed by atoms with Crippen LogP contribution < -0.4 is 16.8 Å². The van der Waals surface area contributed by atoms with Crippen molar-refractivity contribution in [1.82, 2.24) is 0 Å². The van der Waals surface area contributed by atoms with E-state index in [4.69, 9.17) is 16.2 Å². The fraction of sp³-hybridized carbons (Fsp3) is 0.333. The zero-order valence-electron chi connectivity index (χ0n) is 10.2. The minimum Gasteiger partial charge on any atom is -0.398 e.